The maximum atomic E-state index is 12.0. The smallest absolute Gasteiger partial charge is 0.259 e. The standard InChI is InChI=1S/C14H21NO2S/c1-6-17-18(15-13(16)14(3,4)5)12-9-7-11(2)8-10-12/h7-10H,6H2,1-5H3. The highest BCUT2D eigenvalue weighted by Crippen LogP contribution is 2.19. The number of carbonyl (C=O) groups excluding carboxylic acids is 1. The molecule has 0 spiro atoms. The summed E-state index contributed by atoms with van der Waals surface area (Å²) in [6.45, 7) is 10.1. The molecular formula is C14H21NO2S. The Kier molecular flexibility index (Phi) is 5.23. The minimum Gasteiger partial charge on any atom is -0.302 e. The van der Waals surface area contributed by atoms with Crippen LogP contribution in [0.15, 0.2) is 33.5 Å². The first-order valence-corrected chi connectivity index (χ1v) is 7.15. The highest BCUT2D eigenvalue weighted by molar-refractivity contribution is 7.83. The van der Waals surface area contributed by atoms with Crippen molar-refractivity contribution in [2.24, 2.45) is 9.78 Å². The molecule has 0 radical (unpaired) electrons. The van der Waals surface area contributed by atoms with Gasteiger partial charge in [0.2, 0.25) is 0 Å². The molecule has 0 aromatic heterocycles. The van der Waals surface area contributed by atoms with E-state index in [0.29, 0.717) is 6.61 Å². The summed E-state index contributed by atoms with van der Waals surface area (Å²) in [5.41, 5.74) is 0.716. The molecule has 0 aliphatic carbocycles. The quantitative estimate of drug-likeness (QED) is 0.838. The topological polar surface area (TPSA) is 38.7 Å². The molecule has 1 aromatic rings. The van der Waals surface area contributed by atoms with E-state index in [0.717, 1.165) is 4.90 Å². The maximum Gasteiger partial charge on any atom is 0.259 e. The molecule has 1 rings (SSSR count). The second-order valence-corrected chi connectivity index (χ2v) is 6.50. The molecule has 1 unspecified atom stereocenters. The lowest BCUT2D eigenvalue weighted by atomic mass is 9.96. The van der Waals surface area contributed by atoms with Gasteiger partial charge in [0.25, 0.3) is 5.91 Å². The molecule has 0 aliphatic rings. The fraction of sp³-hybridized carbons (Fsp3) is 0.500. The van der Waals surface area contributed by atoms with E-state index in [4.69, 9.17) is 4.18 Å². The summed E-state index contributed by atoms with van der Waals surface area (Å²) in [6, 6.07) is 7.94. The first kappa shape index (κ1) is 15.1. The van der Waals surface area contributed by atoms with E-state index in [-0.39, 0.29) is 5.91 Å². The SMILES string of the molecule is CCOS(=NC(=O)C(C)(C)C)c1ccc(C)cc1. The highest BCUT2D eigenvalue weighted by Gasteiger charge is 2.21. The van der Waals surface area contributed by atoms with E-state index < -0.39 is 16.4 Å². The van der Waals surface area contributed by atoms with Gasteiger partial charge in [-0.2, -0.15) is 4.36 Å². The van der Waals surface area contributed by atoms with Gasteiger partial charge < -0.3 is 4.18 Å². The van der Waals surface area contributed by atoms with Crippen LogP contribution >= 0.6 is 0 Å². The molecule has 0 saturated heterocycles. The Bertz CT molecular complexity index is 444. The summed E-state index contributed by atoms with van der Waals surface area (Å²) in [6.07, 6.45) is 0. The van der Waals surface area contributed by atoms with Crippen molar-refractivity contribution in [1.29, 1.82) is 0 Å². The maximum absolute atomic E-state index is 12.0. The number of nitrogens with zero attached hydrogens (tertiary/aromatic N) is 1. The van der Waals surface area contributed by atoms with Crippen molar-refractivity contribution in [3.05, 3.63) is 29.8 Å². The van der Waals surface area contributed by atoms with Gasteiger partial charge in [-0.3, -0.25) is 4.79 Å². The normalized spacial score (nSPS) is 13.6. The molecule has 3 nitrogen and oxygen atoms in total. The number of carbonyl (C=O) groups is 1. The third-order valence-corrected chi connectivity index (χ3v) is 3.73. The predicted octanol–water partition coefficient (Wildman–Crippen LogP) is 3.68. The largest absolute Gasteiger partial charge is 0.302 e. The van der Waals surface area contributed by atoms with Gasteiger partial charge in [0.15, 0.2) is 0 Å². The van der Waals surface area contributed by atoms with Gasteiger partial charge in [0, 0.05) is 10.3 Å². The van der Waals surface area contributed by atoms with Gasteiger partial charge in [-0.1, -0.05) is 38.5 Å². The molecule has 100 valence electrons. The number of benzene rings is 1. The van der Waals surface area contributed by atoms with E-state index in [1.54, 1.807) is 0 Å². The predicted molar refractivity (Wildman–Crippen MR) is 75.3 cm³/mol. The Morgan fingerprint density at radius 2 is 1.83 bits per heavy atom. The summed E-state index contributed by atoms with van der Waals surface area (Å²) in [4.78, 5) is 12.9. The van der Waals surface area contributed by atoms with Crippen molar-refractivity contribution in [2.75, 3.05) is 6.61 Å². The van der Waals surface area contributed by atoms with Gasteiger partial charge in [0.1, 0.15) is 0 Å². The van der Waals surface area contributed by atoms with Gasteiger partial charge in [-0.25, -0.2) is 0 Å². The molecule has 18 heavy (non-hydrogen) atoms. The van der Waals surface area contributed by atoms with Crippen molar-refractivity contribution in [3.63, 3.8) is 0 Å². The van der Waals surface area contributed by atoms with Gasteiger partial charge in [0.05, 0.1) is 17.6 Å². The van der Waals surface area contributed by atoms with Crippen molar-refractivity contribution in [3.8, 4) is 0 Å². The molecule has 0 saturated carbocycles. The summed E-state index contributed by atoms with van der Waals surface area (Å²) >= 11 is 0. The Labute approximate surface area is 112 Å². The second kappa shape index (κ2) is 6.25. The van der Waals surface area contributed by atoms with Crippen LogP contribution in [0.3, 0.4) is 0 Å². The van der Waals surface area contributed by atoms with Gasteiger partial charge >= 0.3 is 0 Å². The molecule has 1 atom stereocenters. The van der Waals surface area contributed by atoms with Crippen LogP contribution in [0.1, 0.15) is 33.3 Å². The second-order valence-electron chi connectivity index (χ2n) is 5.12. The van der Waals surface area contributed by atoms with Crippen LogP contribution in [-0.4, -0.2) is 12.5 Å². The zero-order chi connectivity index (χ0) is 13.8. The van der Waals surface area contributed by atoms with E-state index in [2.05, 4.69) is 4.36 Å². The molecule has 0 N–H and O–H groups in total. The van der Waals surface area contributed by atoms with Crippen molar-refractivity contribution in [2.45, 2.75) is 39.5 Å². The van der Waals surface area contributed by atoms with Crippen LogP contribution < -0.4 is 0 Å². The van der Waals surface area contributed by atoms with Crippen molar-refractivity contribution >= 4 is 16.9 Å². The molecule has 1 aromatic carbocycles. The van der Waals surface area contributed by atoms with E-state index in [1.165, 1.54) is 5.56 Å². The van der Waals surface area contributed by atoms with Crippen LogP contribution in [0, 0.1) is 12.3 Å². The Morgan fingerprint density at radius 3 is 2.28 bits per heavy atom. The summed E-state index contributed by atoms with van der Waals surface area (Å²) in [7, 11) is -0.797. The first-order valence-electron chi connectivity index (χ1n) is 6.05. The molecular weight excluding hydrogens is 246 g/mol. The van der Waals surface area contributed by atoms with E-state index >= 15 is 0 Å². The summed E-state index contributed by atoms with van der Waals surface area (Å²) in [5, 5.41) is 0. The monoisotopic (exact) mass is 267 g/mol. The number of rotatable bonds is 3. The number of aryl methyl sites for hydroxylation is 1. The van der Waals surface area contributed by atoms with Crippen LogP contribution in [-0.2, 0) is 19.9 Å². The number of hydrogen-bond acceptors (Lipinski definition) is 2. The van der Waals surface area contributed by atoms with Crippen LogP contribution in [0.25, 0.3) is 0 Å². The average molecular weight is 267 g/mol. The van der Waals surface area contributed by atoms with Crippen molar-refractivity contribution < 1.29 is 8.98 Å². The summed E-state index contributed by atoms with van der Waals surface area (Å²) in [5.74, 6) is -0.125. The summed E-state index contributed by atoms with van der Waals surface area (Å²) < 4.78 is 9.78. The van der Waals surface area contributed by atoms with Gasteiger partial charge in [-0.15, -0.1) is 0 Å². The van der Waals surface area contributed by atoms with E-state index in [1.807, 2.05) is 58.9 Å². The fourth-order valence-electron chi connectivity index (χ4n) is 1.13. The van der Waals surface area contributed by atoms with Crippen molar-refractivity contribution in [1.82, 2.24) is 0 Å². The third-order valence-electron chi connectivity index (χ3n) is 2.26. The number of amides is 1. The molecule has 0 fully saturated rings. The van der Waals surface area contributed by atoms with Crippen LogP contribution in [0.4, 0.5) is 0 Å². The highest BCUT2D eigenvalue weighted by atomic mass is 32.2. The van der Waals surface area contributed by atoms with E-state index in [9.17, 15) is 4.79 Å². The average Bonchev–Trinajstić information content (AvgIpc) is 2.28. The Balaban J connectivity index is 3.06. The van der Waals surface area contributed by atoms with Crippen LogP contribution in [0.2, 0.25) is 0 Å². The lowest BCUT2D eigenvalue weighted by molar-refractivity contribution is -0.124. The Hall–Kier alpha value is -1.00. The zero-order valence-corrected chi connectivity index (χ0v) is 12.5. The lowest BCUT2D eigenvalue weighted by Gasteiger charge is -2.14. The molecule has 1 amide bonds. The first-order chi connectivity index (χ1) is 8.34. The lowest BCUT2D eigenvalue weighted by Crippen LogP contribution is -2.18. The molecule has 0 bridgehead atoms. The third kappa shape index (κ3) is 4.35. The zero-order valence-electron chi connectivity index (χ0n) is 11.7. The molecule has 0 aliphatic heterocycles. The Morgan fingerprint density at radius 1 is 1.28 bits per heavy atom. The van der Waals surface area contributed by atoms with Crippen LogP contribution in [0.5, 0.6) is 0 Å². The van der Waals surface area contributed by atoms with Gasteiger partial charge in [-0.05, 0) is 26.0 Å². The minimum absolute atomic E-state index is 0.125. The molecule has 4 heteroatoms. The fourth-order valence-corrected chi connectivity index (χ4v) is 2.44. The molecule has 0 heterocycles. The number of hydrogen-bond donors (Lipinski definition) is 0. The minimum atomic E-state index is -0.797.